The van der Waals surface area contributed by atoms with Crippen LogP contribution in [0.5, 0.6) is 0 Å². The highest BCUT2D eigenvalue weighted by Gasteiger charge is 2.36. The van der Waals surface area contributed by atoms with E-state index in [1.54, 1.807) is 0 Å². The number of benzene rings is 1. The number of fused-ring (bicyclic) bond motifs is 2. The average molecular weight is 312 g/mol. The Kier molecular flexibility index (Phi) is 4.14. The molecule has 1 saturated carbocycles. The zero-order valence-electron chi connectivity index (χ0n) is 14.2. The van der Waals surface area contributed by atoms with Crippen molar-refractivity contribution < 1.29 is 4.79 Å². The molecule has 1 saturated heterocycles. The van der Waals surface area contributed by atoms with Gasteiger partial charge in [0.2, 0.25) is 5.91 Å². The van der Waals surface area contributed by atoms with E-state index in [0.29, 0.717) is 5.91 Å². The monoisotopic (exact) mass is 312 g/mol. The number of nitrogens with zero attached hydrogens (tertiary/aromatic N) is 2. The van der Waals surface area contributed by atoms with E-state index in [9.17, 15) is 4.79 Å². The highest BCUT2D eigenvalue weighted by Crippen LogP contribution is 2.37. The standard InChI is InChI=1S/C20H28N2O/c1-15(21-12-10-16-6-2-3-8-18(16)14-21)20(23)22-13-11-17-7-4-5-9-19(17)22/h4-5,7,9,15-16,18H,2-3,6,8,10-14H2,1H3/t15-,16+,18-/m1/s1. The zero-order valence-corrected chi connectivity index (χ0v) is 14.2. The smallest absolute Gasteiger partial charge is 0.244 e. The van der Waals surface area contributed by atoms with Crippen LogP contribution < -0.4 is 4.90 Å². The minimum absolute atomic E-state index is 0.0176. The van der Waals surface area contributed by atoms with Crippen molar-refractivity contribution in [2.45, 2.75) is 51.5 Å². The first-order valence-electron chi connectivity index (χ1n) is 9.37. The van der Waals surface area contributed by atoms with E-state index in [1.165, 1.54) is 37.7 Å². The summed E-state index contributed by atoms with van der Waals surface area (Å²) in [6.07, 6.45) is 7.88. The Morgan fingerprint density at radius 2 is 1.87 bits per heavy atom. The molecule has 1 amide bonds. The van der Waals surface area contributed by atoms with E-state index in [2.05, 4.69) is 30.0 Å². The number of hydrogen-bond donors (Lipinski definition) is 0. The fourth-order valence-corrected chi connectivity index (χ4v) is 4.93. The van der Waals surface area contributed by atoms with Crippen LogP contribution in [0.25, 0.3) is 0 Å². The highest BCUT2D eigenvalue weighted by molar-refractivity contribution is 5.98. The van der Waals surface area contributed by atoms with Crippen LogP contribution in [0.4, 0.5) is 5.69 Å². The molecular formula is C20H28N2O. The summed E-state index contributed by atoms with van der Waals surface area (Å²) in [5.74, 6) is 2.05. The van der Waals surface area contributed by atoms with Gasteiger partial charge in [-0.15, -0.1) is 0 Å². The minimum atomic E-state index is 0.0176. The molecule has 1 aromatic rings. The number of likely N-dealkylation sites (tertiary alicyclic amines) is 1. The fourth-order valence-electron chi connectivity index (χ4n) is 4.93. The van der Waals surface area contributed by atoms with Gasteiger partial charge in [-0.3, -0.25) is 9.69 Å². The summed E-state index contributed by atoms with van der Waals surface area (Å²) in [5, 5.41) is 0. The average Bonchev–Trinajstić information content (AvgIpc) is 3.04. The molecule has 3 nitrogen and oxygen atoms in total. The van der Waals surface area contributed by atoms with E-state index in [4.69, 9.17) is 0 Å². The van der Waals surface area contributed by atoms with Crippen LogP contribution in [0.15, 0.2) is 24.3 Å². The van der Waals surface area contributed by atoms with Crippen molar-refractivity contribution in [2.24, 2.45) is 11.8 Å². The van der Waals surface area contributed by atoms with Gasteiger partial charge in [-0.25, -0.2) is 0 Å². The molecule has 0 aromatic heterocycles. The van der Waals surface area contributed by atoms with Gasteiger partial charge in [-0.05, 0) is 56.2 Å². The van der Waals surface area contributed by atoms with Gasteiger partial charge in [0.05, 0.1) is 6.04 Å². The number of amides is 1. The van der Waals surface area contributed by atoms with Crippen molar-refractivity contribution >= 4 is 11.6 Å². The van der Waals surface area contributed by atoms with E-state index in [1.807, 2.05) is 11.0 Å². The summed E-state index contributed by atoms with van der Waals surface area (Å²) in [4.78, 5) is 17.5. The number of rotatable bonds is 2. The first kappa shape index (κ1) is 15.2. The Bertz CT molecular complexity index is 585. The number of piperidine rings is 1. The fraction of sp³-hybridized carbons (Fsp3) is 0.650. The quantitative estimate of drug-likeness (QED) is 0.835. The van der Waals surface area contributed by atoms with Gasteiger partial charge in [-0.2, -0.15) is 0 Å². The lowest BCUT2D eigenvalue weighted by Crippen LogP contribution is -2.52. The van der Waals surface area contributed by atoms with E-state index >= 15 is 0 Å². The largest absolute Gasteiger partial charge is 0.310 e. The second-order valence-electron chi connectivity index (χ2n) is 7.63. The number of para-hydroxylation sites is 1. The SMILES string of the molecule is C[C@H](C(=O)N1CCc2ccccc21)N1CC[C@@H]2CCCC[C@@H]2C1. The molecule has 2 fully saturated rings. The van der Waals surface area contributed by atoms with E-state index < -0.39 is 0 Å². The predicted molar refractivity (Wildman–Crippen MR) is 93.6 cm³/mol. The molecular weight excluding hydrogens is 284 g/mol. The van der Waals surface area contributed by atoms with Crippen LogP contribution in [0.3, 0.4) is 0 Å². The van der Waals surface area contributed by atoms with Gasteiger partial charge < -0.3 is 4.90 Å². The topological polar surface area (TPSA) is 23.6 Å². The van der Waals surface area contributed by atoms with Crippen LogP contribution in [-0.4, -0.2) is 36.5 Å². The zero-order chi connectivity index (χ0) is 15.8. The van der Waals surface area contributed by atoms with Crippen molar-refractivity contribution in [3.8, 4) is 0 Å². The molecule has 1 aromatic carbocycles. The molecule has 0 N–H and O–H groups in total. The van der Waals surface area contributed by atoms with Gasteiger partial charge >= 0.3 is 0 Å². The molecule has 0 unspecified atom stereocenters. The molecule has 23 heavy (non-hydrogen) atoms. The Hall–Kier alpha value is -1.35. The molecule has 124 valence electrons. The van der Waals surface area contributed by atoms with Gasteiger partial charge in [0.15, 0.2) is 0 Å². The Balaban J connectivity index is 1.45. The summed E-state index contributed by atoms with van der Waals surface area (Å²) in [6.45, 7) is 5.20. The van der Waals surface area contributed by atoms with Gasteiger partial charge in [-0.1, -0.05) is 37.5 Å². The van der Waals surface area contributed by atoms with Crippen molar-refractivity contribution in [2.75, 3.05) is 24.5 Å². The van der Waals surface area contributed by atoms with Crippen molar-refractivity contribution in [1.29, 1.82) is 0 Å². The van der Waals surface area contributed by atoms with Crippen LogP contribution in [0, 0.1) is 11.8 Å². The number of hydrogen-bond acceptors (Lipinski definition) is 2. The molecule has 1 aliphatic carbocycles. The summed E-state index contributed by atoms with van der Waals surface area (Å²) in [6, 6.07) is 8.39. The van der Waals surface area contributed by atoms with Gasteiger partial charge in [0.1, 0.15) is 0 Å². The molecule has 3 heteroatoms. The number of carbonyl (C=O) groups excluding carboxylic acids is 1. The van der Waals surface area contributed by atoms with Crippen molar-refractivity contribution in [3.05, 3.63) is 29.8 Å². The van der Waals surface area contributed by atoms with Crippen LogP contribution in [0.2, 0.25) is 0 Å². The normalized spacial score (nSPS) is 29.0. The summed E-state index contributed by atoms with van der Waals surface area (Å²) < 4.78 is 0. The Labute approximate surface area is 139 Å². The molecule has 0 spiro atoms. The predicted octanol–water partition coefficient (Wildman–Crippen LogP) is 3.48. The molecule has 0 bridgehead atoms. The lowest BCUT2D eigenvalue weighted by Gasteiger charge is -2.43. The third-order valence-electron chi connectivity index (χ3n) is 6.38. The molecule has 2 aliphatic heterocycles. The maximum atomic E-state index is 13.1. The lowest BCUT2D eigenvalue weighted by molar-refractivity contribution is -0.124. The first-order valence-corrected chi connectivity index (χ1v) is 9.37. The van der Waals surface area contributed by atoms with Gasteiger partial charge in [0, 0.05) is 18.8 Å². The van der Waals surface area contributed by atoms with Crippen LogP contribution in [-0.2, 0) is 11.2 Å². The van der Waals surface area contributed by atoms with Crippen LogP contribution >= 0.6 is 0 Å². The highest BCUT2D eigenvalue weighted by atomic mass is 16.2. The third kappa shape index (κ3) is 2.80. The van der Waals surface area contributed by atoms with Gasteiger partial charge in [0.25, 0.3) is 0 Å². The summed E-state index contributed by atoms with van der Waals surface area (Å²) in [5.41, 5.74) is 2.45. The summed E-state index contributed by atoms with van der Waals surface area (Å²) >= 11 is 0. The van der Waals surface area contributed by atoms with Crippen molar-refractivity contribution in [1.82, 2.24) is 4.90 Å². The second-order valence-corrected chi connectivity index (χ2v) is 7.63. The number of carbonyl (C=O) groups is 1. The number of anilines is 1. The third-order valence-corrected chi connectivity index (χ3v) is 6.38. The molecule has 4 rings (SSSR count). The molecule has 3 atom stereocenters. The lowest BCUT2D eigenvalue weighted by atomic mass is 9.75. The van der Waals surface area contributed by atoms with E-state index in [0.717, 1.165) is 43.6 Å². The first-order chi connectivity index (χ1) is 11.2. The van der Waals surface area contributed by atoms with Crippen molar-refractivity contribution in [3.63, 3.8) is 0 Å². The maximum Gasteiger partial charge on any atom is 0.244 e. The minimum Gasteiger partial charge on any atom is -0.310 e. The molecule has 2 heterocycles. The Morgan fingerprint density at radius 1 is 1.09 bits per heavy atom. The molecule has 0 radical (unpaired) electrons. The Morgan fingerprint density at radius 3 is 2.74 bits per heavy atom. The second kappa shape index (κ2) is 6.27. The maximum absolute atomic E-state index is 13.1. The van der Waals surface area contributed by atoms with Crippen LogP contribution in [0.1, 0.15) is 44.6 Å². The molecule has 3 aliphatic rings. The van der Waals surface area contributed by atoms with E-state index in [-0.39, 0.29) is 6.04 Å². The summed E-state index contributed by atoms with van der Waals surface area (Å²) in [7, 11) is 0.